The summed E-state index contributed by atoms with van der Waals surface area (Å²) in [6.07, 6.45) is 0. The van der Waals surface area contributed by atoms with Gasteiger partial charge in [-0.2, -0.15) is 0 Å². The molecule has 0 saturated heterocycles. The molecule has 0 amide bonds. The monoisotopic (exact) mass is 292 g/mol. The molecule has 1 rings (SSSR count). The van der Waals surface area contributed by atoms with E-state index in [1.807, 2.05) is 18.7 Å². The van der Waals surface area contributed by atoms with Gasteiger partial charge in [0.15, 0.2) is 15.2 Å². The van der Waals surface area contributed by atoms with Gasteiger partial charge >= 0.3 is 5.97 Å². The van der Waals surface area contributed by atoms with E-state index in [-0.39, 0.29) is 11.2 Å². The standard InChI is InChI=1S/C11H17ClN2O3S/c1-7(2)14(5-6-16-3)11-13-9(12)8(18-11)10(15)17-4/h7H,5-6H2,1-4H3. The molecule has 1 aromatic heterocycles. The van der Waals surface area contributed by atoms with Gasteiger partial charge in [0.05, 0.1) is 13.7 Å². The summed E-state index contributed by atoms with van der Waals surface area (Å²) in [4.78, 5) is 18.0. The van der Waals surface area contributed by atoms with E-state index in [2.05, 4.69) is 9.72 Å². The number of carbonyl (C=O) groups excluding carboxylic acids is 1. The highest BCUT2D eigenvalue weighted by atomic mass is 35.5. The largest absolute Gasteiger partial charge is 0.465 e. The number of hydrogen-bond acceptors (Lipinski definition) is 6. The molecular weight excluding hydrogens is 276 g/mol. The normalized spacial score (nSPS) is 10.8. The number of anilines is 1. The highest BCUT2D eigenvalue weighted by molar-refractivity contribution is 7.18. The third kappa shape index (κ3) is 3.57. The van der Waals surface area contributed by atoms with Crippen molar-refractivity contribution in [3.05, 3.63) is 10.0 Å². The maximum atomic E-state index is 11.5. The molecule has 1 aromatic rings. The molecular formula is C11H17ClN2O3S. The van der Waals surface area contributed by atoms with Gasteiger partial charge in [0, 0.05) is 19.7 Å². The molecule has 0 saturated carbocycles. The van der Waals surface area contributed by atoms with Gasteiger partial charge < -0.3 is 14.4 Å². The lowest BCUT2D eigenvalue weighted by atomic mass is 10.3. The fourth-order valence-electron chi connectivity index (χ4n) is 1.40. The van der Waals surface area contributed by atoms with Crippen LogP contribution in [-0.2, 0) is 9.47 Å². The first-order chi connectivity index (χ1) is 8.51. The van der Waals surface area contributed by atoms with Crippen LogP contribution in [0.25, 0.3) is 0 Å². The smallest absolute Gasteiger partial charge is 0.351 e. The third-order valence-electron chi connectivity index (χ3n) is 2.35. The second kappa shape index (κ2) is 6.92. The first-order valence-electron chi connectivity index (χ1n) is 5.51. The van der Waals surface area contributed by atoms with Crippen molar-refractivity contribution < 1.29 is 14.3 Å². The molecule has 0 aliphatic carbocycles. The number of hydrogen-bond donors (Lipinski definition) is 0. The van der Waals surface area contributed by atoms with E-state index in [1.165, 1.54) is 18.4 Å². The zero-order valence-corrected chi connectivity index (χ0v) is 12.5. The highest BCUT2D eigenvalue weighted by Gasteiger charge is 2.21. The van der Waals surface area contributed by atoms with Crippen LogP contribution < -0.4 is 4.90 Å². The average Bonchev–Trinajstić information content (AvgIpc) is 2.70. The number of aromatic nitrogens is 1. The molecule has 0 fully saturated rings. The average molecular weight is 293 g/mol. The summed E-state index contributed by atoms with van der Waals surface area (Å²) in [6.45, 7) is 5.37. The molecule has 0 spiro atoms. The van der Waals surface area contributed by atoms with Crippen molar-refractivity contribution in [2.24, 2.45) is 0 Å². The zero-order chi connectivity index (χ0) is 13.7. The van der Waals surface area contributed by atoms with Gasteiger partial charge in [0.25, 0.3) is 0 Å². The Morgan fingerprint density at radius 1 is 1.50 bits per heavy atom. The predicted molar refractivity (Wildman–Crippen MR) is 72.8 cm³/mol. The maximum Gasteiger partial charge on any atom is 0.351 e. The number of rotatable bonds is 6. The number of carbonyl (C=O) groups is 1. The summed E-state index contributed by atoms with van der Waals surface area (Å²) >= 11 is 7.17. The quantitative estimate of drug-likeness (QED) is 0.754. The summed E-state index contributed by atoms with van der Waals surface area (Å²) in [5.74, 6) is -0.459. The lowest BCUT2D eigenvalue weighted by molar-refractivity contribution is 0.0606. The second-order valence-electron chi connectivity index (χ2n) is 3.89. The summed E-state index contributed by atoms with van der Waals surface area (Å²) < 4.78 is 9.72. The van der Waals surface area contributed by atoms with Crippen molar-refractivity contribution in [2.45, 2.75) is 19.9 Å². The van der Waals surface area contributed by atoms with Crippen molar-refractivity contribution in [2.75, 3.05) is 32.3 Å². The fourth-order valence-corrected chi connectivity index (χ4v) is 2.76. The minimum atomic E-state index is -0.459. The molecule has 0 aliphatic heterocycles. The molecule has 0 atom stereocenters. The van der Waals surface area contributed by atoms with Gasteiger partial charge in [-0.05, 0) is 13.8 Å². The van der Waals surface area contributed by atoms with E-state index in [0.717, 1.165) is 0 Å². The number of methoxy groups -OCH3 is 2. The van der Waals surface area contributed by atoms with Gasteiger partial charge in [-0.15, -0.1) is 0 Å². The van der Waals surface area contributed by atoms with Crippen LogP contribution in [0, 0.1) is 0 Å². The summed E-state index contributed by atoms with van der Waals surface area (Å²) in [7, 11) is 2.97. The summed E-state index contributed by atoms with van der Waals surface area (Å²) in [5, 5.41) is 0.886. The van der Waals surface area contributed by atoms with E-state index in [9.17, 15) is 4.79 Å². The highest BCUT2D eigenvalue weighted by Crippen LogP contribution is 2.31. The molecule has 18 heavy (non-hydrogen) atoms. The van der Waals surface area contributed by atoms with Crippen LogP contribution in [0.15, 0.2) is 0 Å². The molecule has 5 nitrogen and oxygen atoms in total. The fraction of sp³-hybridized carbons (Fsp3) is 0.636. The van der Waals surface area contributed by atoms with Gasteiger partial charge in [-0.25, -0.2) is 9.78 Å². The molecule has 102 valence electrons. The van der Waals surface area contributed by atoms with Crippen molar-refractivity contribution in [1.29, 1.82) is 0 Å². The van der Waals surface area contributed by atoms with Crippen molar-refractivity contribution in [3.8, 4) is 0 Å². The van der Waals surface area contributed by atoms with Gasteiger partial charge in [0.2, 0.25) is 0 Å². The molecule has 0 aromatic carbocycles. The second-order valence-corrected chi connectivity index (χ2v) is 5.22. The van der Waals surface area contributed by atoms with Crippen LogP contribution >= 0.6 is 22.9 Å². The summed E-state index contributed by atoms with van der Waals surface area (Å²) in [6, 6.07) is 0.243. The van der Waals surface area contributed by atoms with Crippen molar-refractivity contribution in [1.82, 2.24) is 4.98 Å². The predicted octanol–water partition coefficient (Wildman–Crippen LogP) is 2.44. The first-order valence-corrected chi connectivity index (χ1v) is 6.71. The van der Waals surface area contributed by atoms with E-state index >= 15 is 0 Å². The Hall–Kier alpha value is -0.850. The Kier molecular flexibility index (Phi) is 5.84. The number of nitrogens with zero attached hydrogens (tertiary/aromatic N) is 2. The van der Waals surface area contributed by atoms with E-state index in [1.54, 1.807) is 7.11 Å². The third-order valence-corrected chi connectivity index (χ3v) is 3.81. The Labute approximate surface area is 116 Å². The van der Waals surface area contributed by atoms with Crippen LogP contribution in [0.1, 0.15) is 23.5 Å². The van der Waals surface area contributed by atoms with E-state index in [4.69, 9.17) is 16.3 Å². The van der Waals surface area contributed by atoms with Crippen molar-refractivity contribution >= 4 is 34.0 Å². The van der Waals surface area contributed by atoms with Gasteiger partial charge in [0.1, 0.15) is 0 Å². The zero-order valence-electron chi connectivity index (χ0n) is 10.9. The lowest BCUT2D eigenvalue weighted by Gasteiger charge is -2.25. The first kappa shape index (κ1) is 15.2. The Bertz CT molecular complexity index is 409. The number of thiazole rings is 1. The number of ether oxygens (including phenoxy) is 2. The van der Waals surface area contributed by atoms with Crippen LogP contribution in [0.2, 0.25) is 5.15 Å². The summed E-state index contributed by atoms with van der Waals surface area (Å²) in [5.41, 5.74) is 0. The number of esters is 1. The van der Waals surface area contributed by atoms with E-state index in [0.29, 0.717) is 23.2 Å². The van der Waals surface area contributed by atoms with Crippen molar-refractivity contribution in [3.63, 3.8) is 0 Å². The molecule has 7 heteroatoms. The van der Waals surface area contributed by atoms with Crippen LogP contribution in [-0.4, -0.2) is 44.4 Å². The van der Waals surface area contributed by atoms with Gasteiger partial charge in [-0.3, -0.25) is 0 Å². The Morgan fingerprint density at radius 2 is 2.17 bits per heavy atom. The lowest BCUT2D eigenvalue weighted by Crippen LogP contribution is -2.33. The number of halogens is 1. The Balaban J connectivity index is 2.95. The molecule has 0 unspecified atom stereocenters. The minimum Gasteiger partial charge on any atom is -0.465 e. The molecule has 0 radical (unpaired) electrons. The van der Waals surface area contributed by atoms with E-state index < -0.39 is 5.97 Å². The van der Waals surface area contributed by atoms with Crippen LogP contribution in [0.5, 0.6) is 0 Å². The van der Waals surface area contributed by atoms with Crippen LogP contribution in [0.3, 0.4) is 0 Å². The molecule has 1 heterocycles. The van der Waals surface area contributed by atoms with Gasteiger partial charge in [-0.1, -0.05) is 22.9 Å². The topological polar surface area (TPSA) is 51.7 Å². The SMILES string of the molecule is COCCN(c1nc(Cl)c(C(=O)OC)s1)C(C)C. The molecule has 0 aliphatic rings. The Morgan fingerprint density at radius 3 is 2.67 bits per heavy atom. The maximum absolute atomic E-state index is 11.5. The van der Waals surface area contributed by atoms with Crippen LogP contribution in [0.4, 0.5) is 5.13 Å². The minimum absolute atomic E-state index is 0.185. The molecule has 0 N–H and O–H groups in total. The molecule has 0 bridgehead atoms.